The number of anilines is 3. The van der Waals surface area contributed by atoms with Crippen molar-refractivity contribution in [1.29, 1.82) is 0 Å². The van der Waals surface area contributed by atoms with Gasteiger partial charge in [-0.3, -0.25) is 4.79 Å². The van der Waals surface area contributed by atoms with Crippen LogP contribution in [0.3, 0.4) is 0 Å². The van der Waals surface area contributed by atoms with Crippen molar-refractivity contribution in [2.75, 3.05) is 17.2 Å². The summed E-state index contributed by atoms with van der Waals surface area (Å²) in [5, 5.41) is 6.23. The highest BCUT2D eigenvalue weighted by Crippen LogP contribution is 2.24. The van der Waals surface area contributed by atoms with E-state index in [0.717, 1.165) is 40.4 Å². The van der Waals surface area contributed by atoms with Crippen molar-refractivity contribution in [3.05, 3.63) is 77.8 Å². The van der Waals surface area contributed by atoms with Gasteiger partial charge in [-0.2, -0.15) is 0 Å². The van der Waals surface area contributed by atoms with Gasteiger partial charge < -0.3 is 15.4 Å². The average molecular weight is 402 g/mol. The number of carbonyl (C=O) groups is 1. The van der Waals surface area contributed by atoms with Crippen LogP contribution in [0.2, 0.25) is 0 Å². The third-order valence-corrected chi connectivity index (χ3v) is 4.44. The summed E-state index contributed by atoms with van der Waals surface area (Å²) < 4.78 is 5.43. The molecule has 3 aromatic rings. The Kier molecular flexibility index (Phi) is 7.16. The number of rotatable bonds is 8. The minimum Gasteiger partial charge on any atom is -0.494 e. The van der Waals surface area contributed by atoms with Crippen LogP contribution in [0.5, 0.6) is 5.75 Å². The van der Waals surface area contributed by atoms with Gasteiger partial charge in [0.1, 0.15) is 17.9 Å². The number of aromatic nitrogens is 2. The second-order valence-corrected chi connectivity index (χ2v) is 6.72. The topological polar surface area (TPSA) is 76.1 Å². The van der Waals surface area contributed by atoms with Gasteiger partial charge in [-0.25, -0.2) is 9.97 Å². The summed E-state index contributed by atoms with van der Waals surface area (Å²) in [5.74, 6) is 1.34. The van der Waals surface area contributed by atoms with Crippen molar-refractivity contribution in [3.63, 3.8) is 0 Å². The number of nitrogens with one attached hydrogen (secondary N) is 2. The molecule has 0 saturated carbocycles. The zero-order valence-corrected chi connectivity index (χ0v) is 17.5. The van der Waals surface area contributed by atoms with Crippen molar-refractivity contribution < 1.29 is 9.53 Å². The highest BCUT2D eigenvalue weighted by molar-refractivity contribution is 6.02. The first-order chi connectivity index (χ1) is 14.6. The molecule has 154 valence electrons. The fourth-order valence-electron chi connectivity index (χ4n) is 2.94. The number of ether oxygens (including phenoxy) is 1. The van der Waals surface area contributed by atoms with Crippen LogP contribution in [0.25, 0.3) is 6.08 Å². The molecule has 0 bridgehead atoms. The molecule has 6 heteroatoms. The molecule has 0 fully saturated rings. The third-order valence-electron chi connectivity index (χ3n) is 4.44. The van der Waals surface area contributed by atoms with E-state index < -0.39 is 0 Å². The standard InChI is InChI=1S/C24H26N4O2/c1-4-19-9-10-20(27-23-14-17(3)25-16-26-23)15-22(19)28-24(29)13-8-18-6-11-21(12-7-18)30-5-2/h6-16H,4-5H2,1-3H3,(H,28,29)(H,25,26,27)/b13-8+. The predicted octanol–water partition coefficient (Wildman–Crippen LogP) is 5.14. The fraction of sp³-hybridized carbons (Fsp3) is 0.208. The van der Waals surface area contributed by atoms with Gasteiger partial charge in [0.15, 0.2) is 0 Å². The largest absolute Gasteiger partial charge is 0.494 e. The number of aryl methyl sites for hydroxylation is 2. The van der Waals surface area contributed by atoms with E-state index in [9.17, 15) is 4.79 Å². The van der Waals surface area contributed by atoms with Crippen LogP contribution in [0.1, 0.15) is 30.7 Å². The van der Waals surface area contributed by atoms with Crippen molar-refractivity contribution >= 4 is 29.2 Å². The predicted molar refractivity (Wildman–Crippen MR) is 121 cm³/mol. The summed E-state index contributed by atoms with van der Waals surface area (Å²) in [6, 6.07) is 15.4. The lowest BCUT2D eigenvalue weighted by Crippen LogP contribution is -2.10. The van der Waals surface area contributed by atoms with Gasteiger partial charge in [0.05, 0.1) is 6.61 Å². The van der Waals surface area contributed by atoms with E-state index in [0.29, 0.717) is 12.4 Å². The molecule has 0 aliphatic rings. The molecule has 3 rings (SSSR count). The summed E-state index contributed by atoms with van der Waals surface area (Å²) in [4.78, 5) is 20.8. The number of amides is 1. The molecule has 1 heterocycles. The van der Waals surface area contributed by atoms with E-state index in [4.69, 9.17) is 4.74 Å². The van der Waals surface area contributed by atoms with Gasteiger partial charge in [0.2, 0.25) is 5.91 Å². The average Bonchev–Trinajstić information content (AvgIpc) is 2.74. The normalized spacial score (nSPS) is 10.8. The van der Waals surface area contributed by atoms with Gasteiger partial charge in [-0.05, 0) is 61.7 Å². The van der Waals surface area contributed by atoms with Crippen LogP contribution in [0, 0.1) is 6.92 Å². The lowest BCUT2D eigenvalue weighted by molar-refractivity contribution is -0.111. The molecular formula is C24H26N4O2. The summed E-state index contributed by atoms with van der Waals surface area (Å²) >= 11 is 0. The molecule has 6 nitrogen and oxygen atoms in total. The van der Waals surface area contributed by atoms with E-state index in [-0.39, 0.29) is 5.91 Å². The summed E-state index contributed by atoms with van der Waals surface area (Å²) in [5.41, 5.74) is 4.48. The number of nitrogens with zero attached hydrogens (tertiary/aromatic N) is 2. The fourth-order valence-corrected chi connectivity index (χ4v) is 2.94. The molecule has 0 spiro atoms. The summed E-state index contributed by atoms with van der Waals surface area (Å²) in [7, 11) is 0. The lowest BCUT2D eigenvalue weighted by Gasteiger charge is -2.12. The lowest BCUT2D eigenvalue weighted by atomic mass is 10.1. The minimum absolute atomic E-state index is 0.186. The maximum atomic E-state index is 12.5. The number of carbonyl (C=O) groups excluding carboxylic acids is 1. The van der Waals surface area contributed by atoms with Crippen LogP contribution in [0.4, 0.5) is 17.2 Å². The van der Waals surface area contributed by atoms with Crippen LogP contribution in [0.15, 0.2) is 60.9 Å². The Morgan fingerprint density at radius 2 is 1.87 bits per heavy atom. The molecule has 2 aromatic carbocycles. The molecule has 0 atom stereocenters. The van der Waals surface area contributed by atoms with Crippen LogP contribution in [-0.2, 0) is 11.2 Å². The summed E-state index contributed by atoms with van der Waals surface area (Å²) in [6.45, 7) is 6.54. The second kappa shape index (κ2) is 10.2. The van der Waals surface area contributed by atoms with Gasteiger partial charge in [0, 0.05) is 29.2 Å². The monoisotopic (exact) mass is 402 g/mol. The number of benzene rings is 2. The molecular weight excluding hydrogens is 376 g/mol. The smallest absolute Gasteiger partial charge is 0.248 e. The SMILES string of the molecule is CCOc1ccc(/C=C/C(=O)Nc2cc(Nc3cc(C)ncn3)ccc2CC)cc1. The Morgan fingerprint density at radius 3 is 2.57 bits per heavy atom. The molecule has 0 saturated heterocycles. The highest BCUT2D eigenvalue weighted by Gasteiger charge is 2.06. The minimum atomic E-state index is -0.186. The van der Waals surface area contributed by atoms with E-state index in [2.05, 4.69) is 27.5 Å². The van der Waals surface area contributed by atoms with Gasteiger partial charge >= 0.3 is 0 Å². The Labute approximate surface area is 177 Å². The molecule has 0 radical (unpaired) electrons. The van der Waals surface area contributed by atoms with E-state index >= 15 is 0 Å². The maximum Gasteiger partial charge on any atom is 0.248 e. The van der Waals surface area contributed by atoms with Gasteiger partial charge in [0.25, 0.3) is 0 Å². The Balaban J connectivity index is 1.70. The van der Waals surface area contributed by atoms with E-state index in [1.54, 1.807) is 6.08 Å². The zero-order valence-electron chi connectivity index (χ0n) is 17.5. The Hall–Kier alpha value is -3.67. The first-order valence-electron chi connectivity index (χ1n) is 9.98. The first kappa shape index (κ1) is 21.0. The third kappa shape index (κ3) is 5.91. The number of hydrogen-bond acceptors (Lipinski definition) is 5. The zero-order chi connectivity index (χ0) is 21.3. The summed E-state index contributed by atoms with van der Waals surface area (Å²) in [6.07, 6.45) is 5.64. The van der Waals surface area contributed by atoms with Crippen LogP contribution in [-0.4, -0.2) is 22.5 Å². The van der Waals surface area contributed by atoms with Gasteiger partial charge in [-0.15, -0.1) is 0 Å². The first-order valence-corrected chi connectivity index (χ1v) is 9.98. The molecule has 30 heavy (non-hydrogen) atoms. The maximum absolute atomic E-state index is 12.5. The molecule has 0 aliphatic carbocycles. The molecule has 2 N–H and O–H groups in total. The van der Waals surface area contributed by atoms with Crippen molar-refractivity contribution in [2.24, 2.45) is 0 Å². The Morgan fingerprint density at radius 1 is 1.07 bits per heavy atom. The van der Waals surface area contributed by atoms with E-state index in [1.165, 1.54) is 12.4 Å². The molecule has 0 aliphatic heterocycles. The molecule has 1 amide bonds. The van der Waals surface area contributed by atoms with E-state index in [1.807, 2.05) is 62.4 Å². The van der Waals surface area contributed by atoms with Crippen molar-refractivity contribution in [1.82, 2.24) is 9.97 Å². The van der Waals surface area contributed by atoms with Crippen molar-refractivity contribution in [2.45, 2.75) is 27.2 Å². The van der Waals surface area contributed by atoms with Crippen LogP contribution >= 0.6 is 0 Å². The van der Waals surface area contributed by atoms with Gasteiger partial charge in [-0.1, -0.05) is 25.1 Å². The number of hydrogen-bond donors (Lipinski definition) is 2. The second-order valence-electron chi connectivity index (χ2n) is 6.72. The Bertz CT molecular complexity index is 1030. The molecule has 1 aromatic heterocycles. The molecule has 0 unspecified atom stereocenters. The quantitative estimate of drug-likeness (QED) is 0.510. The highest BCUT2D eigenvalue weighted by atomic mass is 16.5. The van der Waals surface area contributed by atoms with Crippen molar-refractivity contribution in [3.8, 4) is 5.75 Å². The van der Waals surface area contributed by atoms with Crippen LogP contribution < -0.4 is 15.4 Å².